The molecule has 1 atom stereocenters. The molecule has 5 rings (SSSR count). The second kappa shape index (κ2) is 12.3. The molecule has 1 unspecified atom stereocenters. The van der Waals surface area contributed by atoms with Crippen LogP contribution in [0.4, 0.5) is 28.4 Å². The van der Waals surface area contributed by atoms with Crippen molar-refractivity contribution in [3.8, 4) is 5.75 Å². The molecule has 1 N–H and O–H groups in total. The summed E-state index contributed by atoms with van der Waals surface area (Å²) < 4.78 is 49.5. The minimum atomic E-state index is -4.78. The van der Waals surface area contributed by atoms with Crippen LogP contribution >= 0.6 is 0 Å². The number of aromatic nitrogens is 2. The third-order valence-electron chi connectivity index (χ3n) is 6.76. The number of nitrogens with zero attached hydrogens (tertiary/aromatic N) is 3. The van der Waals surface area contributed by atoms with Gasteiger partial charge in [-0.05, 0) is 0 Å². The van der Waals surface area contributed by atoms with Crippen molar-refractivity contribution in [2.75, 3.05) is 25.1 Å². The zero-order valence-corrected chi connectivity index (χ0v) is 24.0. The number of methoxy groups -OCH3 is 1. The van der Waals surface area contributed by atoms with Gasteiger partial charge in [0.25, 0.3) is 0 Å². The van der Waals surface area contributed by atoms with Gasteiger partial charge in [-0.2, -0.15) is 0 Å². The number of amides is 1. The monoisotopic (exact) mass is 627 g/mol. The van der Waals surface area contributed by atoms with Crippen LogP contribution in [0, 0.1) is 0 Å². The van der Waals surface area contributed by atoms with Crippen LogP contribution in [-0.2, 0) is 17.6 Å². The Labute approximate surface area is 241 Å². The Morgan fingerprint density at radius 1 is 1.10 bits per heavy atom. The van der Waals surface area contributed by atoms with Crippen LogP contribution in [0.3, 0.4) is 0 Å². The zero-order valence-electron chi connectivity index (χ0n) is 22.1. The molecule has 1 radical (unpaired) electrons. The van der Waals surface area contributed by atoms with Crippen molar-refractivity contribution in [3.63, 3.8) is 0 Å². The van der Waals surface area contributed by atoms with Gasteiger partial charge in [0.1, 0.15) is 0 Å². The summed E-state index contributed by atoms with van der Waals surface area (Å²) in [7, 11) is 1.27. The second-order valence-corrected chi connectivity index (χ2v) is 11.9. The summed E-state index contributed by atoms with van der Waals surface area (Å²) in [5, 5.41) is 7.95. The van der Waals surface area contributed by atoms with Crippen LogP contribution in [0.15, 0.2) is 72.9 Å². The van der Waals surface area contributed by atoms with Crippen LogP contribution in [0.25, 0.3) is 10.9 Å². The van der Waals surface area contributed by atoms with Gasteiger partial charge in [0, 0.05) is 0 Å². The van der Waals surface area contributed by atoms with Crippen molar-refractivity contribution in [2.24, 2.45) is 0 Å². The Kier molecular flexibility index (Phi) is 8.54. The third kappa shape index (κ3) is 7.03. The van der Waals surface area contributed by atoms with E-state index < -0.39 is 28.2 Å². The molecule has 0 aliphatic carbocycles. The SMILES string of the molecule is COC(=O)n1ncc2c([As]C(=O)NC3Cc4ccc(OC(F)(F)F)cc4N(CCCc4ccccc4)C3)cccc21. The summed E-state index contributed by atoms with van der Waals surface area (Å²) in [6.07, 6.45) is -1.76. The summed E-state index contributed by atoms with van der Waals surface area (Å²) in [6.45, 7) is 1.05. The van der Waals surface area contributed by atoms with Gasteiger partial charge in [0.15, 0.2) is 0 Å². The molecular formula is C29H27AsF3N4O4. The molecule has 8 nitrogen and oxygen atoms in total. The van der Waals surface area contributed by atoms with Gasteiger partial charge >= 0.3 is 241 Å². The van der Waals surface area contributed by atoms with E-state index >= 15 is 0 Å². The van der Waals surface area contributed by atoms with Crippen LogP contribution in [0.1, 0.15) is 17.5 Å². The van der Waals surface area contributed by atoms with Crippen molar-refractivity contribution >= 4 is 47.5 Å². The number of fused-ring (bicyclic) bond motifs is 2. The Morgan fingerprint density at radius 2 is 1.90 bits per heavy atom. The van der Waals surface area contributed by atoms with Crippen LogP contribution in [-0.4, -0.2) is 68.9 Å². The number of aryl methyl sites for hydroxylation is 1. The van der Waals surface area contributed by atoms with E-state index in [-0.39, 0.29) is 16.5 Å². The van der Waals surface area contributed by atoms with Crippen LogP contribution in [0.5, 0.6) is 5.75 Å². The fourth-order valence-corrected chi connectivity index (χ4v) is 6.94. The molecule has 2 heterocycles. The summed E-state index contributed by atoms with van der Waals surface area (Å²) in [6, 6.07) is 19.5. The van der Waals surface area contributed by atoms with Crippen LogP contribution < -0.4 is 19.3 Å². The predicted octanol–water partition coefficient (Wildman–Crippen LogP) is 4.65. The molecule has 213 valence electrons. The van der Waals surface area contributed by atoms with E-state index in [1.165, 1.54) is 24.8 Å². The zero-order chi connectivity index (χ0) is 29.0. The van der Waals surface area contributed by atoms with Gasteiger partial charge in [-0.25, -0.2) is 0 Å². The molecule has 3 aromatic carbocycles. The standard InChI is InChI=1S/C29H27AsF3N4O4/c1-40-28(39)37-25-11-5-10-24(23(25)17-34-37)30-27(38)35-21-15-20-12-13-22(41-29(31,32)33)16-26(20)36(18-21)14-6-9-19-7-3-2-4-8-19/h2-5,7-8,10-13,16-17,21H,6,9,14-15,18H2,1H3,(H,35,38). The fourth-order valence-electron chi connectivity index (χ4n) is 5.01. The second-order valence-electron chi connectivity index (χ2n) is 9.57. The number of benzene rings is 3. The van der Waals surface area contributed by atoms with Gasteiger partial charge in [-0.1, -0.05) is 0 Å². The first-order valence-electron chi connectivity index (χ1n) is 12.9. The number of alkyl halides is 3. The summed E-state index contributed by atoms with van der Waals surface area (Å²) in [5.74, 6) is -0.266. The number of nitrogens with one attached hydrogen (secondary N) is 1. The first-order valence-corrected chi connectivity index (χ1v) is 14.8. The molecule has 0 fully saturated rings. The molecule has 0 saturated carbocycles. The van der Waals surface area contributed by atoms with Crippen molar-refractivity contribution < 1.29 is 32.2 Å². The first-order chi connectivity index (χ1) is 19.7. The molecule has 0 bridgehead atoms. The topological polar surface area (TPSA) is 85.7 Å². The van der Waals surface area contributed by atoms with Gasteiger partial charge in [-0.15, -0.1) is 0 Å². The number of anilines is 1. The third-order valence-corrected chi connectivity index (χ3v) is 8.78. The van der Waals surface area contributed by atoms with E-state index in [0.29, 0.717) is 36.1 Å². The van der Waals surface area contributed by atoms with E-state index in [0.717, 1.165) is 27.4 Å². The molecule has 1 aliphatic heterocycles. The first kappa shape index (κ1) is 28.5. The molecule has 1 amide bonds. The molecule has 4 aromatic rings. The minimum absolute atomic E-state index is 0.116. The number of halogens is 3. The van der Waals surface area contributed by atoms with E-state index in [4.69, 9.17) is 4.74 Å². The van der Waals surface area contributed by atoms with E-state index in [1.807, 2.05) is 41.3 Å². The predicted molar refractivity (Wildman–Crippen MR) is 149 cm³/mol. The Bertz CT molecular complexity index is 1540. The van der Waals surface area contributed by atoms with Crippen LogP contribution in [0.2, 0.25) is 0 Å². The van der Waals surface area contributed by atoms with Gasteiger partial charge in [-0.3, -0.25) is 0 Å². The molecule has 0 saturated heterocycles. The van der Waals surface area contributed by atoms with Crippen molar-refractivity contribution in [1.82, 2.24) is 15.1 Å². The Morgan fingerprint density at radius 3 is 2.66 bits per heavy atom. The van der Waals surface area contributed by atoms with Crippen molar-refractivity contribution in [2.45, 2.75) is 31.7 Å². The number of hydrogen-bond donors (Lipinski definition) is 1. The van der Waals surface area contributed by atoms with Gasteiger partial charge in [0.05, 0.1) is 0 Å². The molecule has 12 heteroatoms. The molecule has 41 heavy (non-hydrogen) atoms. The maximum atomic E-state index is 13.2. The number of carbonyl (C=O) groups excluding carboxylic acids is 2. The quantitative estimate of drug-likeness (QED) is 0.287. The van der Waals surface area contributed by atoms with Crippen molar-refractivity contribution in [3.05, 3.63) is 84.1 Å². The maximum absolute atomic E-state index is 13.2. The number of ether oxygens (including phenoxy) is 2. The van der Waals surface area contributed by atoms with E-state index in [9.17, 15) is 22.8 Å². The fraction of sp³-hybridized carbons (Fsp3) is 0.276. The van der Waals surface area contributed by atoms with Crippen molar-refractivity contribution in [1.29, 1.82) is 0 Å². The van der Waals surface area contributed by atoms with Gasteiger partial charge in [0.2, 0.25) is 0 Å². The molecular weight excluding hydrogens is 600 g/mol. The Balaban J connectivity index is 1.31. The average molecular weight is 627 g/mol. The summed E-state index contributed by atoms with van der Waals surface area (Å²) >= 11 is -0.963. The molecule has 0 spiro atoms. The summed E-state index contributed by atoms with van der Waals surface area (Å²) in [5.41, 5.74) is 3.26. The summed E-state index contributed by atoms with van der Waals surface area (Å²) in [4.78, 5) is 27.2. The van der Waals surface area contributed by atoms with E-state index in [2.05, 4.69) is 15.2 Å². The average Bonchev–Trinajstić information content (AvgIpc) is 3.38. The Hall–Kier alpha value is -3.98. The molecule has 1 aromatic heterocycles. The van der Waals surface area contributed by atoms with E-state index in [1.54, 1.807) is 24.4 Å². The number of rotatable bonds is 8. The number of carbonyl (C=O) groups is 2. The number of hydrogen-bond acceptors (Lipinski definition) is 6. The van der Waals surface area contributed by atoms with Gasteiger partial charge < -0.3 is 0 Å². The normalized spacial score (nSPS) is 15.2. The molecule has 1 aliphatic rings.